The van der Waals surface area contributed by atoms with Crippen molar-refractivity contribution >= 4 is 11.9 Å². The van der Waals surface area contributed by atoms with Gasteiger partial charge in [-0.05, 0) is 37.3 Å². The monoisotopic (exact) mass is 360 g/mol. The summed E-state index contributed by atoms with van der Waals surface area (Å²) in [4.78, 5) is 27.2. The quantitative estimate of drug-likeness (QED) is 0.757. The van der Waals surface area contributed by atoms with Crippen molar-refractivity contribution < 1.29 is 19.4 Å². The maximum Gasteiger partial charge on any atom is 0.329 e. The molecule has 1 spiro atoms. The van der Waals surface area contributed by atoms with E-state index in [1.165, 1.54) is 4.90 Å². The number of rotatable bonds is 6. The molecule has 1 aromatic carbocycles. The van der Waals surface area contributed by atoms with Crippen LogP contribution in [0.15, 0.2) is 30.3 Å². The highest BCUT2D eigenvalue weighted by molar-refractivity contribution is 5.93. The Bertz CT molecular complexity index is 640. The maximum absolute atomic E-state index is 13.0. The Morgan fingerprint density at radius 3 is 2.73 bits per heavy atom. The molecule has 0 aliphatic carbocycles. The van der Waals surface area contributed by atoms with Gasteiger partial charge in [0.15, 0.2) is 0 Å². The first-order valence-corrected chi connectivity index (χ1v) is 9.39. The van der Waals surface area contributed by atoms with Crippen molar-refractivity contribution in [1.29, 1.82) is 0 Å². The number of amides is 1. The molecule has 142 valence electrons. The first-order valence-electron chi connectivity index (χ1n) is 9.39. The number of aliphatic hydroxyl groups is 1. The number of hydrogen-bond acceptors (Lipinski definition) is 5. The van der Waals surface area contributed by atoms with Crippen LogP contribution in [0.3, 0.4) is 0 Å². The number of carbonyl (C=O) groups is 2. The van der Waals surface area contributed by atoms with E-state index in [4.69, 9.17) is 4.74 Å². The summed E-state index contributed by atoms with van der Waals surface area (Å²) in [5, 5.41) is 13.8. The zero-order valence-electron chi connectivity index (χ0n) is 15.5. The van der Waals surface area contributed by atoms with Crippen molar-refractivity contribution in [1.82, 2.24) is 10.2 Å². The van der Waals surface area contributed by atoms with Gasteiger partial charge < -0.3 is 20.1 Å². The lowest BCUT2D eigenvalue weighted by Crippen LogP contribution is -2.53. The topological polar surface area (TPSA) is 78.9 Å². The predicted octanol–water partition coefficient (Wildman–Crippen LogP) is 1.82. The van der Waals surface area contributed by atoms with Gasteiger partial charge in [0.05, 0.1) is 0 Å². The van der Waals surface area contributed by atoms with Crippen molar-refractivity contribution in [3.8, 4) is 0 Å². The Hall–Kier alpha value is -1.92. The van der Waals surface area contributed by atoms with Crippen LogP contribution in [0, 0.1) is 5.92 Å². The van der Waals surface area contributed by atoms with Crippen molar-refractivity contribution in [2.45, 2.75) is 63.9 Å². The fourth-order valence-corrected chi connectivity index (χ4v) is 3.99. The van der Waals surface area contributed by atoms with Crippen LogP contribution in [0.4, 0.5) is 0 Å². The number of ether oxygens (including phenoxy) is 1. The summed E-state index contributed by atoms with van der Waals surface area (Å²) in [5.41, 5.74) is 0.181. The predicted molar refractivity (Wildman–Crippen MR) is 96.9 cm³/mol. The molecular formula is C20H28N2O4. The highest BCUT2D eigenvalue weighted by atomic mass is 16.5. The number of hydrogen-bond donors (Lipinski definition) is 2. The molecule has 0 aromatic heterocycles. The fourth-order valence-electron chi connectivity index (χ4n) is 3.99. The molecule has 0 bridgehead atoms. The van der Waals surface area contributed by atoms with Crippen LogP contribution in [0.1, 0.15) is 45.1 Å². The highest BCUT2D eigenvalue weighted by Crippen LogP contribution is 2.36. The average molecular weight is 360 g/mol. The second kappa shape index (κ2) is 7.76. The summed E-state index contributed by atoms with van der Waals surface area (Å²) in [7, 11) is 0. The molecule has 3 atom stereocenters. The molecular weight excluding hydrogens is 332 g/mol. The van der Waals surface area contributed by atoms with E-state index in [1.807, 2.05) is 44.2 Å². The van der Waals surface area contributed by atoms with E-state index in [0.717, 1.165) is 18.5 Å². The second-order valence-electron chi connectivity index (χ2n) is 7.75. The smallest absolute Gasteiger partial charge is 0.329 e. The van der Waals surface area contributed by atoms with Crippen LogP contribution in [0.5, 0.6) is 0 Å². The molecule has 1 unspecified atom stereocenters. The maximum atomic E-state index is 13.0. The summed E-state index contributed by atoms with van der Waals surface area (Å²) < 4.78 is 5.49. The molecule has 2 fully saturated rings. The van der Waals surface area contributed by atoms with Crippen molar-refractivity contribution in [3.63, 3.8) is 0 Å². The molecule has 1 aromatic rings. The average Bonchev–Trinajstić information content (AvgIpc) is 3.17. The van der Waals surface area contributed by atoms with Crippen LogP contribution >= 0.6 is 0 Å². The van der Waals surface area contributed by atoms with Gasteiger partial charge in [-0.15, -0.1) is 0 Å². The minimum absolute atomic E-state index is 0.162. The highest BCUT2D eigenvalue weighted by Gasteiger charge is 2.55. The van der Waals surface area contributed by atoms with Crippen LogP contribution in [-0.4, -0.2) is 46.2 Å². The summed E-state index contributed by atoms with van der Waals surface area (Å²) in [6.07, 6.45) is 1.44. The first kappa shape index (κ1) is 18.9. The van der Waals surface area contributed by atoms with Gasteiger partial charge in [-0.25, -0.2) is 4.79 Å². The number of benzene rings is 1. The molecule has 0 saturated carbocycles. The van der Waals surface area contributed by atoms with E-state index in [2.05, 4.69) is 5.32 Å². The lowest BCUT2D eigenvalue weighted by atomic mass is 9.95. The van der Waals surface area contributed by atoms with Crippen molar-refractivity contribution in [2.75, 3.05) is 6.54 Å². The third kappa shape index (κ3) is 3.76. The zero-order valence-corrected chi connectivity index (χ0v) is 15.5. The number of esters is 1. The molecule has 2 saturated heterocycles. The Morgan fingerprint density at radius 1 is 1.38 bits per heavy atom. The third-order valence-corrected chi connectivity index (χ3v) is 5.27. The molecule has 26 heavy (non-hydrogen) atoms. The molecule has 6 nitrogen and oxygen atoms in total. The summed E-state index contributed by atoms with van der Waals surface area (Å²) in [6.45, 7) is 4.91. The molecule has 1 amide bonds. The number of aliphatic hydroxyl groups excluding tert-OH is 1. The summed E-state index contributed by atoms with van der Waals surface area (Å²) in [5.74, 6) is -0.438. The summed E-state index contributed by atoms with van der Waals surface area (Å²) in [6, 6.07) is 8.69. The Kier molecular flexibility index (Phi) is 5.63. The van der Waals surface area contributed by atoms with Crippen molar-refractivity contribution in [2.24, 2.45) is 5.92 Å². The molecule has 2 aliphatic rings. The van der Waals surface area contributed by atoms with E-state index >= 15 is 0 Å². The van der Waals surface area contributed by atoms with Crippen molar-refractivity contribution in [3.05, 3.63) is 35.9 Å². The largest absolute Gasteiger partial charge is 0.459 e. The number of likely N-dealkylation sites (tertiary alicyclic amines) is 1. The molecule has 2 aliphatic heterocycles. The van der Waals surface area contributed by atoms with E-state index in [-0.39, 0.29) is 18.4 Å². The zero-order chi connectivity index (χ0) is 18.7. The van der Waals surface area contributed by atoms with Crippen LogP contribution in [0.2, 0.25) is 0 Å². The minimum atomic E-state index is -0.957. The van der Waals surface area contributed by atoms with E-state index in [1.54, 1.807) is 0 Å². The third-order valence-electron chi connectivity index (χ3n) is 5.27. The van der Waals surface area contributed by atoms with Gasteiger partial charge in [-0.1, -0.05) is 44.2 Å². The standard InChI is InChI=1S/C20H28N2O4/c1-14(2)11-16(18(24)26-13-15-7-4-3-5-8-15)22-17(23)12-20(19(22)25)9-6-10-21-20/h3-5,7-8,14,16-17,21,23H,6,9-13H2,1-2H3/t16-,17?,20-/m1/s1. The van der Waals surface area contributed by atoms with E-state index in [0.29, 0.717) is 19.3 Å². The minimum Gasteiger partial charge on any atom is -0.459 e. The van der Waals surface area contributed by atoms with Gasteiger partial charge in [0.25, 0.3) is 0 Å². The Balaban J connectivity index is 1.74. The van der Waals surface area contributed by atoms with Gasteiger partial charge in [0, 0.05) is 6.42 Å². The van der Waals surface area contributed by atoms with Gasteiger partial charge in [0.2, 0.25) is 5.91 Å². The van der Waals surface area contributed by atoms with E-state index < -0.39 is 23.8 Å². The van der Waals surface area contributed by atoms with E-state index in [9.17, 15) is 14.7 Å². The van der Waals surface area contributed by atoms with Crippen LogP contribution in [-0.2, 0) is 20.9 Å². The number of nitrogens with zero attached hydrogens (tertiary/aromatic N) is 1. The van der Waals surface area contributed by atoms with Gasteiger partial charge >= 0.3 is 5.97 Å². The van der Waals surface area contributed by atoms with Gasteiger partial charge in [0.1, 0.15) is 24.4 Å². The first-order chi connectivity index (χ1) is 12.4. The molecule has 6 heteroatoms. The SMILES string of the molecule is CC(C)C[C@H](C(=O)OCc1ccccc1)N1C(=O)[C@@]2(CCCN2)CC1O. The lowest BCUT2D eigenvalue weighted by molar-refractivity contribution is -0.162. The van der Waals surface area contributed by atoms with Crippen LogP contribution in [0.25, 0.3) is 0 Å². The normalized spacial score (nSPS) is 26.7. The van der Waals surface area contributed by atoms with Gasteiger partial charge in [-0.3, -0.25) is 4.79 Å². The Morgan fingerprint density at radius 2 is 2.12 bits per heavy atom. The lowest BCUT2D eigenvalue weighted by Gasteiger charge is -2.31. The Labute approximate surface area is 154 Å². The van der Waals surface area contributed by atoms with Gasteiger partial charge in [-0.2, -0.15) is 0 Å². The number of carbonyl (C=O) groups excluding carboxylic acids is 2. The molecule has 2 heterocycles. The second-order valence-corrected chi connectivity index (χ2v) is 7.75. The fraction of sp³-hybridized carbons (Fsp3) is 0.600. The van der Waals surface area contributed by atoms with Crippen LogP contribution < -0.4 is 5.32 Å². The molecule has 2 N–H and O–H groups in total. The summed E-state index contributed by atoms with van der Waals surface area (Å²) >= 11 is 0. The molecule has 3 rings (SSSR count). The number of nitrogens with one attached hydrogen (secondary N) is 1. The molecule has 0 radical (unpaired) electrons.